The highest BCUT2D eigenvalue weighted by molar-refractivity contribution is 5.77. The second-order valence-electron chi connectivity index (χ2n) is 3.17. The lowest BCUT2D eigenvalue weighted by Gasteiger charge is -1.95. The molecule has 14 heavy (non-hydrogen) atoms. The van der Waals surface area contributed by atoms with E-state index in [1.165, 1.54) is 0 Å². The molecular formula is C10H13N3O. The summed E-state index contributed by atoms with van der Waals surface area (Å²) in [6.07, 6.45) is 1.04. The van der Waals surface area contributed by atoms with Crippen LogP contribution < -0.4 is 11.1 Å². The molecule has 0 fully saturated rings. The first-order chi connectivity index (χ1) is 6.79. The SMILES string of the molecule is CCCNc1nc2ccc(N)cc2o1. The Morgan fingerprint density at radius 1 is 1.50 bits per heavy atom. The number of aromatic nitrogens is 1. The maximum Gasteiger partial charge on any atom is 0.295 e. The van der Waals surface area contributed by atoms with E-state index < -0.39 is 0 Å². The van der Waals surface area contributed by atoms with Gasteiger partial charge in [-0.25, -0.2) is 0 Å². The van der Waals surface area contributed by atoms with E-state index in [-0.39, 0.29) is 0 Å². The molecule has 0 aliphatic heterocycles. The van der Waals surface area contributed by atoms with E-state index >= 15 is 0 Å². The van der Waals surface area contributed by atoms with Crippen LogP contribution in [-0.4, -0.2) is 11.5 Å². The Bertz CT molecular complexity index is 436. The molecule has 4 heteroatoms. The van der Waals surface area contributed by atoms with Crippen molar-refractivity contribution in [3.8, 4) is 0 Å². The molecule has 0 radical (unpaired) electrons. The number of nitrogens with one attached hydrogen (secondary N) is 1. The van der Waals surface area contributed by atoms with Crippen LogP contribution in [-0.2, 0) is 0 Å². The van der Waals surface area contributed by atoms with Crippen molar-refractivity contribution in [1.29, 1.82) is 0 Å². The monoisotopic (exact) mass is 191 g/mol. The summed E-state index contributed by atoms with van der Waals surface area (Å²) in [6.45, 7) is 2.95. The zero-order chi connectivity index (χ0) is 9.97. The predicted molar refractivity (Wildman–Crippen MR) is 57.2 cm³/mol. The molecule has 1 aromatic heterocycles. The van der Waals surface area contributed by atoms with Crippen molar-refractivity contribution in [2.24, 2.45) is 0 Å². The number of hydrogen-bond acceptors (Lipinski definition) is 4. The Hall–Kier alpha value is -1.71. The fraction of sp³-hybridized carbons (Fsp3) is 0.300. The first-order valence-electron chi connectivity index (χ1n) is 4.69. The molecule has 4 nitrogen and oxygen atoms in total. The molecule has 1 aromatic carbocycles. The summed E-state index contributed by atoms with van der Waals surface area (Å²) in [5, 5.41) is 3.08. The second-order valence-corrected chi connectivity index (χ2v) is 3.17. The molecule has 0 amide bonds. The van der Waals surface area contributed by atoms with Gasteiger partial charge in [-0.05, 0) is 18.6 Å². The number of nitrogen functional groups attached to an aromatic ring is 1. The van der Waals surface area contributed by atoms with Gasteiger partial charge in [-0.2, -0.15) is 4.98 Å². The molecule has 74 valence electrons. The minimum atomic E-state index is 0.562. The maximum absolute atomic E-state index is 5.63. The summed E-state index contributed by atoms with van der Waals surface area (Å²) in [5.41, 5.74) is 7.87. The van der Waals surface area contributed by atoms with Crippen LogP contribution >= 0.6 is 0 Å². The zero-order valence-electron chi connectivity index (χ0n) is 8.08. The molecule has 0 aliphatic carbocycles. The number of anilines is 2. The van der Waals surface area contributed by atoms with Crippen molar-refractivity contribution >= 4 is 22.8 Å². The summed E-state index contributed by atoms with van der Waals surface area (Å²) >= 11 is 0. The first-order valence-corrected chi connectivity index (χ1v) is 4.69. The van der Waals surface area contributed by atoms with Crippen LogP contribution in [0.2, 0.25) is 0 Å². The van der Waals surface area contributed by atoms with E-state index in [1.807, 2.05) is 12.1 Å². The van der Waals surface area contributed by atoms with Crippen molar-refractivity contribution in [2.45, 2.75) is 13.3 Å². The normalized spacial score (nSPS) is 10.6. The van der Waals surface area contributed by atoms with Crippen molar-refractivity contribution in [3.63, 3.8) is 0 Å². The van der Waals surface area contributed by atoms with Gasteiger partial charge in [0, 0.05) is 18.3 Å². The number of rotatable bonds is 3. The van der Waals surface area contributed by atoms with E-state index in [0.717, 1.165) is 24.1 Å². The minimum absolute atomic E-state index is 0.562. The smallest absolute Gasteiger partial charge is 0.295 e. The third kappa shape index (κ3) is 1.64. The molecule has 0 saturated carbocycles. The first kappa shape index (κ1) is 8.87. The molecule has 0 spiro atoms. The largest absolute Gasteiger partial charge is 0.423 e. The van der Waals surface area contributed by atoms with Crippen LogP contribution in [0.25, 0.3) is 11.1 Å². The third-order valence-corrected chi connectivity index (χ3v) is 1.94. The maximum atomic E-state index is 5.63. The Balaban J connectivity index is 2.32. The predicted octanol–water partition coefficient (Wildman–Crippen LogP) is 2.23. The van der Waals surface area contributed by atoms with Crippen LogP contribution in [0.15, 0.2) is 22.6 Å². The Morgan fingerprint density at radius 2 is 2.36 bits per heavy atom. The van der Waals surface area contributed by atoms with Crippen LogP contribution in [0.1, 0.15) is 13.3 Å². The van der Waals surface area contributed by atoms with Crippen LogP contribution in [0, 0.1) is 0 Å². The van der Waals surface area contributed by atoms with E-state index in [9.17, 15) is 0 Å². The molecule has 0 bridgehead atoms. The van der Waals surface area contributed by atoms with E-state index in [1.54, 1.807) is 6.07 Å². The van der Waals surface area contributed by atoms with Gasteiger partial charge in [0.1, 0.15) is 5.52 Å². The highest BCUT2D eigenvalue weighted by Gasteiger charge is 2.04. The topological polar surface area (TPSA) is 64.1 Å². The molecule has 0 aliphatic rings. The van der Waals surface area contributed by atoms with Crippen LogP contribution in [0.3, 0.4) is 0 Å². The van der Waals surface area contributed by atoms with Gasteiger partial charge in [0.2, 0.25) is 0 Å². The molecule has 1 heterocycles. The number of fused-ring (bicyclic) bond motifs is 1. The highest BCUT2D eigenvalue weighted by atomic mass is 16.4. The second kappa shape index (κ2) is 3.57. The standard InChI is InChI=1S/C10H13N3O/c1-2-5-12-10-13-8-4-3-7(11)6-9(8)14-10/h3-4,6H,2,5,11H2,1H3,(H,12,13). The van der Waals surface area contributed by atoms with Crippen molar-refractivity contribution in [3.05, 3.63) is 18.2 Å². The van der Waals surface area contributed by atoms with Gasteiger partial charge in [-0.1, -0.05) is 6.92 Å². The van der Waals surface area contributed by atoms with E-state index in [4.69, 9.17) is 10.2 Å². The molecular weight excluding hydrogens is 178 g/mol. The number of hydrogen-bond donors (Lipinski definition) is 2. The van der Waals surface area contributed by atoms with Crippen LogP contribution in [0.5, 0.6) is 0 Å². The van der Waals surface area contributed by atoms with Crippen molar-refractivity contribution < 1.29 is 4.42 Å². The lowest BCUT2D eigenvalue weighted by molar-refractivity contribution is 0.614. The lowest BCUT2D eigenvalue weighted by atomic mass is 10.3. The molecule has 3 N–H and O–H groups in total. The molecule has 0 saturated heterocycles. The fourth-order valence-corrected chi connectivity index (χ4v) is 1.25. The molecule has 0 atom stereocenters. The zero-order valence-corrected chi connectivity index (χ0v) is 8.08. The summed E-state index contributed by atoms with van der Waals surface area (Å²) in [5.74, 6) is 0. The summed E-state index contributed by atoms with van der Waals surface area (Å²) in [4.78, 5) is 4.26. The van der Waals surface area contributed by atoms with Gasteiger partial charge >= 0.3 is 0 Å². The van der Waals surface area contributed by atoms with Gasteiger partial charge in [0.15, 0.2) is 5.58 Å². The third-order valence-electron chi connectivity index (χ3n) is 1.94. The Labute approximate surface area is 82.1 Å². The van der Waals surface area contributed by atoms with E-state index in [2.05, 4.69) is 17.2 Å². The quantitative estimate of drug-likeness (QED) is 0.730. The Morgan fingerprint density at radius 3 is 3.14 bits per heavy atom. The van der Waals surface area contributed by atoms with E-state index in [0.29, 0.717) is 11.7 Å². The average molecular weight is 191 g/mol. The van der Waals surface area contributed by atoms with Gasteiger partial charge in [-0.3, -0.25) is 0 Å². The van der Waals surface area contributed by atoms with Crippen LogP contribution in [0.4, 0.5) is 11.7 Å². The highest BCUT2D eigenvalue weighted by Crippen LogP contribution is 2.20. The average Bonchev–Trinajstić information content (AvgIpc) is 2.56. The Kier molecular flexibility index (Phi) is 2.26. The number of benzene rings is 1. The van der Waals surface area contributed by atoms with Gasteiger partial charge in [0.25, 0.3) is 6.01 Å². The number of oxazole rings is 1. The van der Waals surface area contributed by atoms with Crippen molar-refractivity contribution in [1.82, 2.24) is 4.98 Å². The molecule has 2 rings (SSSR count). The number of nitrogens with two attached hydrogens (primary N) is 1. The minimum Gasteiger partial charge on any atom is -0.423 e. The van der Waals surface area contributed by atoms with Gasteiger partial charge in [-0.15, -0.1) is 0 Å². The number of nitrogens with zero attached hydrogens (tertiary/aromatic N) is 1. The molecule has 0 unspecified atom stereocenters. The van der Waals surface area contributed by atoms with Crippen molar-refractivity contribution in [2.75, 3.05) is 17.6 Å². The fourth-order valence-electron chi connectivity index (χ4n) is 1.25. The summed E-state index contributed by atoms with van der Waals surface area (Å²) in [7, 11) is 0. The molecule has 2 aromatic rings. The lowest BCUT2D eigenvalue weighted by Crippen LogP contribution is -1.98. The van der Waals surface area contributed by atoms with Gasteiger partial charge < -0.3 is 15.5 Å². The van der Waals surface area contributed by atoms with Gasteiger partial charge in [0.05, 0.1) is 0 Å². The summed E-state index contributed by atoms with van der Waals surface area (Å²) in [6, 6.07) is 6.01. The summed E-state index contributed by atoms with van der Waals surface area (Å²) < 4.78 is 5.45.